The molecule has 0 aromatic carbocycles. The minimum absolute atomic E-state index is 0.200. The van der Waals surface area contributed by atoms with Crippen LogP contribution in [-0.4, -0.2) is 50.2 Å². The van der Waals surface area contributed by atoms with Crippen LogP contribution in [0.5, 0.6) is 0 Å². The van der Waals surface area contributed by atoms with Crippen LogP contribution in [0, 0.1) is 12.3 Å². The number of nitrogens with one attached hydrogen (secondary N) is 1. The quantitative estimate of drug-likeness (QED) is 0.507. The van der Waals surface area contributed by atoms with Gasteiger partial charge in [-0.25, -0.2) is 0 Å². The SMILES string of the molecule is C#CCCNCCC(=O)N1CCOCC1. The van der Waals surface area contributed by atoms with E-state index in [-0.39, 0.29) is 5.91 Å². The summed E-state index contributed by atoms with van der Waals surface area (Å²) in [7, 11) is 0. The summed E-state index contributed by atoms with van der Waals surface area (Å²) in [6.45, 7) is 4.27. The Morgan fingerprint density at radius 1 is 1.40 bits per heavy atom. The molecule has 4 nitrogen and oxygen atoms in total. The Morgan fingerprint density at radius 2 is 2.13 bits per heavy atom. The number of morpholine rings is 1. The first-order valence-electron chi connectivity index (χ1n) is 5.34. The fourth-order valence-electron chi connectivity index (χ4n) is 1.45. The molecule has 1 fully saturated rings. The molecule has 0 spiro atoms. The second kappa shape index (κ2) is 7.27. The number of carbonyl (C=O) groups is 1. The van der Waals surface area contributed by atoms with E-state index in [1.807, 2.05) is 4.90 Å². The van der Waals surface area contributed by atoms with Gasteiger partial charge in [-0.3, -0.25) is 4.79 Å². The Morgan fingerprint density at radius 3 is 2.80 bits per heavy atom. The van der Waals surface area contributed by atoms with Crippen LogP contribution >= 0.6 is 0 Å². The summed E-state index contributed by atoms with van der Waals surface area (Å²) < 4.78 is 5.18. The van der Waals surface area contributed by atoms with Crippen molar-refractivity contribution in [1.82, 2.24) is 10.2 Å². The fourth-order valence-corrected chi connectivity index (χ4v) is 1.45. The largest absolute Gasteiger partial charge is 0.378 e. The Labute approximate surface area is 91.0 Å². The van der Waals surface area contributed by atoms with Gasteiger partial charge in [0, 0.05) is 39.0 Å². The first kappa shape index (κ1) is 12.0. The van der Waals surface area contributed by atoms with Gasteiger partial charge in [-0.05, 0) is 0 Å². The molecule has 15 heavy (non-hydrogen) atoms. The third-order valence-electron chi connectivity index (χ3n) is 2.33. The van der Waals surface area contributed by atoms with Crippen molar-refractivity contribution in [3.63, 3.8) is 0 Å². The summed E-state index contributed by atoms with van der Waals surface area (Å²) in [5.74, 6) is 2.75. The first-order valence-corrected chi connectivity index (χ1v) is 5.34. The van der Waals surface area contributed by atoms with Gasteiger partial charge in [0.15, 0.2) is 0 Å². The van der Waals surface area contributed by atoms with Gasteiger partial charge in [0.05, 0.1) is 13.2 Å². The zero-order valence-electron chi connectivity index (χ0n) is 9.00. The third kappa shape index (κ3) is 4.82. The number of rotatable bonds is 5. The molecular formula is C11H18N2O2. The number of nitrogens with zero attached hydrogens (tertiary/aromatic N) is 1. The van der Waals surface area contributed by atoms with Gasteiger partial charge in [-0.15, -0.1) is 12.3 Å². The van der Waals surface area contributed by atoms with Crippen LogP contribution in [0.15, 0.2) is 0 Å². The maximum absolute atomic E-state index is 11.6. The fraction of sp³-hybridized carbons (Fsp3) is 0.727. The molecule has 0 saturated carbocycles. The van der Waals surface area contributed by atoms with Crippen LogP contribution in [0.1, 0.15) is 12.8 Å². The molecule has 1 saturated heterocycles. The smallest absolute Gasteiger partial charge is 0.224 e. The van der Waals surface area contributed by atoms with Crippen molar-refractivity contribution in [3.8, 4) is 12.3 Å². The van der Waals surface area contributed by atoms with Crippen LogP contribution < -0.4 is 5.32 Å². The van der Waals surface area contributed by atoms with E-state index < -0.39 is 0 Å². The molecule has 0 atom stereocenters. The zero-order valence-corrected chi connectivity index (χ0v) is 9.00. The van der Waals surface area contributed by atoms with Gasteiger partial charge in [-0.2, -0.15) is 0 Å². The van der Waals surface area contributed by atoms with E-state index >= 15 is 0 Å². The second-order valence-electron chi connectivity index (χ2n) is 3.45. The van der Waals surface area contributed by atoms with Gasteiger partial charge < -0.3 is 15.0 Å². The number of hydrogen-bond donors (Lipinski definition) is 1. The lowest BCUT2D eigenvalue weighted by atomic mass is 10.3. The highest BCUT2D eigenvalue weighted by Crippen LogP contribution is 1.99. The van der Waals surface area contributed by atoms with Crippen LogP contribution in [-0.2, 0) is 9.53 Å². The standard InChI is InChI=1S/C11H18N2O2/c1-2-3-5-12-6-4-11(14)13-7-9-15-10-8-13/h1,12H,3-10H2. The van der Waals surface area contributed by atoms with Gasteiger partial charge in [0.1, 0.15) is 0 Å². The average Bonchev–Trinajstić information content (AvgIpc) is 2.30. The first-order chi connectivity index (χ1) is 7.34. The molecule has 1 aliphatic heterocycles. The molecule has 1 rings (SSSR count). The molecule has 1 N–H and O–H groups in total. The number of carbonyl (C=O) groups excluding carboxylic acids is 1. The summed E-state index contributed by atoms with van der Waals surface area (Å²) >= 11 is 0. The van der Waals surface area contributed by atoms with E-state index in [2.05, 4.69) is 11.2 Å². The Hall–Kier alpha value is -1.05. The molecule has 1 heterocycles. The maximum atomic E-state index is 11.6. The van der Waals surface area contributed by atoms with Gasteiger partial charge in [0.25, 0.3) is 0 Å². The van der Waals surface area contributed by atoms with Crippen LogP contribution in [0.3, 0.4) is 0 Å². The minimum atomic E-state index is 0.200. The molecule has 0 aliphatic carbocycles. The monoisotopic (exact) mass is 210 g/mol. The Balaban J connectivity index is 2.05. The summed E-state index contributed by atoms with van der Waals surface area (Å²) in [4.78, 5) is 13.5. The molecule has 0 unspecified atom stereocenters. The van der Waals surface area contributed by atoms with E-state index in [0.29, 0.717) is 32.6 Å². The summed E-state index contributed by atoms with van der Waals surface area (Å²) in [5, 5.41) is 3.14. The molecule has 0 aromatic rings. The molecule has 1 aliphatic rings. The number of ether oxygens (including phenoxy) is 1. The molecule has 1 amide bonds. The van der Waals surface area contributed by atoms with Crippen LogP contribution in [0.2, 0.25) is 0 Å². The highest BCUT2D eigenvalue weighted by Gasteiger charge is 2.15. The van der Waals surface area contributed by atoms with Crippen molar-refractivity contribution in [2.75, 3.05) is 39.4 Å². The van der Waals surface area contributed by atoms with Gasteiger partial charge in [0.2, 0.25) is 5.91 Å². The number of hydrogen-bond acceptors (Lipinski definition) is 3. The van der Waals surface area contributed by atoms with Crippen molar-refractivity contribution in [2.24, 2.45) is 0 Å². The van der Waals surface area contributed by atoms with Crippen molar-refractivity contribution >= 4 is 5.91 Å². The summed E-state index contributed by atoms with van der Waals surface area (Å²) in [6.07, 6.45) is 6.37. The highest BCUT2D eigenvalue weighted by molar-refractivity contribution is 5.76. The van der Waals surface area contributed by atoms with E-state index in [1.165, 1.54) is 0 Å². The number of terminal acetylenes is 1. The minimum Gasteiger partial charge on any atom is -0.378 e. The third-order valence-corrected chi connectivity index (χ3v) is 2.33. The highest BCUT2D eigenvalue weighted by atomic mass is 16.5. The summed E-state index contributed by atoms with van der Waals surface area (Å²) in [6, 6.07) is 0. The molecule has 0 aromatic heterocycles. The Kier molecular flexibility index (Phi) is 5.83. The molecule has 4 heteroatoms. The zero-order chi connectivity index (χ0) is 10.9. The maximum Gasteiger partial charge on any atom is 0.224 e. The van der Waals surface area contributed by atoms with Crippen LogP contribution in [0.4, 0.5) is 0 Å². The van der Waals surface area contributed by atoms with E-state index in [4.69, 9.17) is 11.2 Å². The Bertz CT molecular complexity index is 229. The van der Waals surface area contributed by atoms with Gasteiger partial charge in [-0.1, -0.05) is 0 Å². The van der Waals surface area contributed by atoms with Crippen LogP contribution in [0.25, 0.3) is 0 Å². The van der Waals surface area contributed by atoms with Crippen molar-refractivity contribution in [1.29, 1.82) is 0 Å². The average molecular weight is 210 g/mol. The lowest BCUT2D eigenvalue weighted by molar-refractivity contribution is -0.135. The molecular weight excluding hydrogens is 192 g/mol. The predicted molar refractivity (Wildman–Crippen MR) is 58.3 cm³/mol. The molecule has 84 valence electrons. The van der Waals surface area contributed by atoms with Crippen molar-refractivity contribution in [3.05, 3.63) is 0 Å². The van der Waals surface area contributed by atoms with E-state index in [0.717, 1.165) is 19.6 Å². The van der Waals surface area contributed by atoms with Gasteiger partial charge >= 0.3 is 0 Å². The van der Waals surface area contributed by atoms with E-state index in [9.17, 15) is 4.79 Å². The lowest BCUT2D eigenvalue weighted by Crippen LogP contribution is -2.41. The molecule has 0 bridgehead atoms. The summed E-state index contributed by atoms with van der Waals surface area (Å²) in [5.41, 5.74) is 0. The topological polar surface area (TPSA) is 41.6 Å². The van der Waals surface area contributed by atoms with Crippen molar-refractivity contribution < 1.29 is 9.53 Å². The molecule has 0 radical (unpaired) electrons. The normalized spacial score (nSPS) is 16.1. The predicted octanol–water partition coefficient (Wildman–Crippen LogP) is -0.152. The van der Waals surface area contributed by atoms with E-state index in [1.54, 1.807) is 0 Å². The second-order valence-corrected chi connectivity index (χ2v) is 3.45. The lowest BCUT2D eigenvalue weighted by Gasteiger charge is -2.26. The van der Waals surface area contributed by atoms with Crippen molar-refractivity contribution in [2.45, 2.75) is 12.8 Å². The number of amides is 1.